The lowest BCUT2D eigenvalue weighted by atomic mass is 10.1. The maximum Gasteiger partial charge on any atom is 0.264 e. The minimum Gasteiger partial charge on any atom is -0.497 e. The molecule has 0 saturated carbocycles. The Kier molecular flexibility index (Phi) is 9.46. The van der Waals surface area contributed by atoms with E-state index in [2.05, 4.69) is 5.32 Å². The standard InChI is InChI=1S/C28H32FN3O5S/c1-20(2)30-28(34)21(3)31(18-22-13-15-23(29)16-14-22)27(33)19-32(24-9-8-10-25(17-24)37-4)38(35,36)26-11-6-5-7-12-26/h5-17,20-21H,18-19H2,1-4H3,(H,30,34). The maximum absolute atomic E-state index is 13.8. The van der Waals surface area contributed by atoms with Gasteiger partial charge in [0.25, 0.3) is 10.0 Å². The van der Waals surface area contributed by atoms with E-state index in [0.29, 0.717) is 11.3 Å². The molecule has 1 N–H and O–H groups in total. The molecule has 0 aliphatic rings. The molecule has 0 spiro atoms. The van der Waals surface area contributed by atoms with Crippen molar-refractivity contribution in [1.82, 2.24) is 10.2 Å². The molecular weight excluding hydrogens is 509 g/mol. The highest BCUT2D eigenvalue weighted by Gasteiger charge is 2.32. The minimum absolute atomic E-state index is 0.00584. The number of rotatable bonds is 11. The number of nitrogens with one attached hydrogen (secondary N) is 1. The molecule has 0 aliphatic carbocycles. The number of amides is 2. The van der Waals surface area contributed by atoms with E-state index in [1.54, 1.807) is 57.2 Å². The first-order chi connectivity index (χ1) is 18.0. The average molecular weight is 542 g/mol. The van der Waals surface area contributed by atoms with Gasteiger partial charge in [-0.2, -0.15) is 0 Å². The van der Waals surface area contributed by atoms with Crippen molar-refractivity contribution >= 4 is 27.5 Å². The minimum atomic E-state index is -4.17. The topological polar surface area (TPSA) is 96.0 Å². The average Bonchev–Trinajstić information content (AvgIpc) is 2.90. The van der Waals surface area contributed by atoms with E-state index in [9.17, 15) is 22.4 Å². The van der Waals surface area contributed by atoms with Crippen molar-refractivity contribution in [2.24, 2.45) is 0 Å². The molecule has 2 amide bonds. The Balaban J connectivity index is 2.03. The summed E-state index contributed by atoms with van der Waals surface area (Å²) in [7, 11) is -2.71. The van der Waals surface area contributed by atoms with Crippen LogP contribution in [0.15, 0.2) is 83.8 Å². The molecule has 0 heterocycles. The van der Waals surface area contributed by atoms with Gasteiger partial charge in [-0.3, -0.25) is 13.9 Å². The van der Waals surface area contributed by atoms with Crippen molar-refractivity contribution in [3.63, 3.8) is 0 Å². The van der Waals surface area contributed by atoms with Gasteiger partial charge in [-0.05, 0) is 62.7 Å². The van der Waals surface area contributed by atoms with Gasteiger partial charge < -0.3 is 15.0 Å². The summed E-state index contributed by atoms with van der Waals surface area (Å²) in [5, 5.41) is 2.79. The summed E-state index contributed by atoms with van der Waals surface area (Å²) in [6.45, 7) is 4.57. The Hall–Kier alpha value is -3.92. The number of nitrogens with zero attached hydrogens (tertiary/aromatic N) is 2. The van der Waals surface area contributed by atoms with E-state index >= 15 is 0 Å². The molecule has 0 aliphatic heterocycles. The number of carbonyl (C=O) groups is 2. The summed E-state index contributed by atoms with van der Waals surface area (Å²) < 4.78 is 47.2. The van der Waals surface area contributed by atoms with Gasteiger partial charge in [-0.1, -0.05) is 36.4 Å². The van der Waals surface area contributed by atoms with Crippen LogP contribution in [0.5, 0.6) is 5.75 Å². The van der Waals surface area contributed by atoms with Crippen LogP contribution in [-0.4, -0.2) is 50.9 Å². The van der Waals surface area contributed by atoms with Gasteiger partial charge in [0.1, 0.15) is 24.2 Å². The Bertz CT molecular complexity index is 1350. The largest absolute Gasteiger partial charge is 0.497 e. The second kappa shape index (κ2) is 12.6. The lowest BCUT2D eigenvalue weighted by molar-refractivity contribution is -0.139. The number of ether oxygens (including phenoxy) is 1. The van der Waals surface area contributed by atoms with E-state index < -0.39 is 40.2 Å². The zero-order chi connectivity index (χ0) is 27.9. The fourth-order valence-corrected chi connectivity index (χ4v) is 5.22. The first-order valence-corrected chi connectivity index (χ1v) is 13.5. The molecule has 3 aromatic rings. The van der Waals surface area contributed by atoms with Crippen LogP contribution in [0.2, 0.25) is 0 Å². The molecule has 202 valence electrons. The summed E-state index contributed by atoms with van der Waals surface area (Å²) in [5.74, 6) is -1.02. The molecule has 0 radical (unpaired) electrons. The second-order valence-electron chi connectivity index (χ2n) is 9.01. The highest BCUT2D eigenvalue weighted by atomic mass is 32.2. The Morgan fingerprint density at radius 1 is 0.947 bits per heavy atom. The molecular formula is C28H32FN3O5S. The predicted octanol–water partition coefficient (Wildman–Crippen LogP) is 3.97. The molecule has 10 heteroatoms. The summed E-state index contributed by atoms with van der Waals surface area (Å²) in [6, 6.07) is 18.6. The van der Waals surface area contributed by atoms with Crippen molar-refractivity contribution in [3.05, 3.63) is 90.2 Å². The van der Waals surface area contributed by atoms with Crippen LogP contribution in [0.1, 0.15) is 26.3 Å². The lowest BCUT2D eigenvalue weighted by Crippen LogP contribution is -2.52. The smallest absolute Gasteiger partial charge is 0.264 e. The van der Waals surface area contributed by atoms with Crippen molar-refractivity contribution in [2.75, 3.05) is 18.0 Å². The summed E-state index contributed by atoms with van der Waals surface area (Å²) >= 11 is 0. The highest BCUT2D eigenvalue weighted by Crippen LogP contribution is 2.27. The maximum atomic E-state index is 13.8. The molecule has 38 heavy (non-hydrogen) atoms. The highest BCUT2D eigenvalue weighted by molar-refractivity contribution is 7.92. The third-order valence-corrected chi connectivity index (χ3v) is 7.60. The molecule has 0 aromatic heterocycles. The normalized spacial score (nSPS) is 12.1. The first-order valence-electron chi connectivity index (χ1n) is 12.1. The number of methoxy groups -OCH3 is 1. The Morgan fingerprint density at radius 3 is 2.21 bits per heavy atom. The van der Waals surface area contributed by atoms with Gasteiger partial charge in [-0.15, -0.1) is 0 Å². The van der Waals surface area contributed by atoms with Gasteiger partial charge in [0, 0.05) is 18.7 Å². The number of halogens is 1. The van der Waals surface area contributed by atoms with Crippen molar-refractivity contribution in [1.29, 1.82) is 0 Å². The fourth-order valence-electron chi connectivity index (χ4n) is 3.79. The summed E-state index contributed by atoms with van der Waals surface area (Å²) in [5.41, 5.74) is 0.811. The Labute approximate surface area is 223 Å². The SMILES string of the molecule is COc1cccc(N(CC(=O)N(Cc2ccc(F)cc2)C(C)C(=O)NC(C)C)S(=O)(=O)c2ccccc2)c1. The molecule has 3 aromatic carbocycles. The number of hydrogen-bond acceptors (Lipinski definition) is 5. The Morgan fingerprint density at radius 2 is 1.61 bits per heavy atom. The molecule has 0 bridgehead atoms. The third-order valence-electron chi connectivity index (χ3n) is 5.82. The quantitative estimate of drug-likeness (QED) is 0.396. The number of benzene rings is 3. The lowest BCUT2D eigenvalue weighted by Gasteiger charge is -2.32. The zero-order valence-corrected chi connectivity index (χ0v) is 22.6. The molecule has 8 nitrogen and oxygen atoms in total. The van der Waals surface area contributed by atoms with Gasteiger partial charge >= 0.3 is 0 Å². The van der Waals surface area contributed by atoms with Gasteiger partial charge in [0.15, 0.2) is 0 Å². The van der Waals surface area contributed by atoms with Gasteiger partial charge in [0.2, 0.25) is 11.8 Å². The van der Waals surface area contributed by atoms with Crippen molar-refractivity contribution in [2.45, 2.75) is 44.3 Å². The number of hydrogen-bond donors (Lipinski definition) is 1. The predicted molar refractivity (Wildman–Crippen MR) is 144 cm³/mol. The van der Waals surface area contributed by atoms with Crippen molar-refractivity contribution in [3.8, 4) is 5.75 Å². The van der Waals surface area contributed by atoms with Crippen LogP contribution in [0.4, 0.5) is 10.1 Å². The van der Waals surface area contributed by atoms with Gasteiger partial charge in [-0.25, -0.2) is 12.8 Å². The van der Waals surface area contributed by atoms with Crippen LogP contribution < -0.4 is 14.4 Å². The van der Waals surface area contributed by atoms with Crippen LogP contribution >= 0.6 is 0 Å². The van der Waals surface area contributed by atoms with Crippen LogP contribution in [-0.2, 0) is 26.2 Å². The number of carbonyl (C=O) groups excluding carboxylic acids is 2. The monoisotopic (exact) mass is 541 g/mol. The van der Waals surface area contributed by atoms with E-state index in [4.69, 9.17) is 4.74 Å². The van der Waals surface area contributed by atoms with E-state index in [1.807, 2.05) is 0 Å². The fraction of sp³-hybridized carbons (Fsp3) is 0.286. The van der Waals surface area contributed by atoms with Crippen LogP contribution in [0, 0.1) is 5.82 Å². The van der Waals surface area contributed by atoms with E-state index in [1.165, 1.54) is 54.5 Å². The van der Waals surface area contributed by atoms with E-state index in [-0.39, 0.29) is 23.2 Å². The molecule has 1 atom stereocenters. The van der Waals surface area contributed by atoms with Crippen LogP contribution in [0.3, 0.4) is 0 Å². The summed E-state index contributed by atoms with van der Waals surface area (Å²) in [4.78, 5) is 28.0. The summed E-state index contributed by atoms with van der Waals surface area (Å²) in [6.07, 6.45) is 0. The molecule has 1 unspecified atom stereocenters. The zero-order valence-electron chi connectivity index (χ0n) is 21.8. The van der Waals surface area contributed by atoms with Gasteiger partial charge in [0.05, 0.1) is 17.7 Å². The second-order valence-corrected chi connectivity index (χ2v) is 10.9. The van der Waals surface area contributed by atoms with Crippen LogP contribution in [0.25, 0.3) is 0 Å². The third kappa shape index (κ3) is 7.10. The number of anilines is 1. The molecule has 3 rings (SSSR count). The molecule has 0 fully saturated rings. The van der Waals surface area contributed by atoms with E-state index in [0.717, 1.165) is 4.31 Å². The molecule has 0 saturated heterocycles. The van der Waals surface area contributed by atoms with Crippen molar-refractivity contribution < 1.29 is 27.1 Å². The number of sulfonamides is 1. The first kappa shape index (κ1) is 28.6.